The van der Waals surface area contributed by atoms with E-state index in [4.69, 9.17) is 11.6 Å². The summed E-state index contributed by atoms with van der Waals surface area (Å²) in [7, 11) is -2.25. The predicted octanol–water partition coefficient (Wildman–Crippen LogP) is 4.12. The molecule has 3 aromatic rings. The Bertz CT molecular complexity index is 1250. The second-order valence-electron chi connectivity index (χ2n) is 7.61. The van der Waals surface area contributed by atoms with Gasteiger partial charge in [-0.15, -0.1) is 0 Å². The summed E-state index contributed by atoms with van der Waals surface area (Å²) in [5, 5.41) is 3.30. The van der Waals surface area contributed by atoms with Gasteiger partial charge in [-0.05, 0) is 49.1 Å². The molecule has 168 valence electrons. The van der Waals surface area contributed by atoms with Crippen molar-refractivity contribution in [3.63, 3.8) is 0 Å². The maximum absolute atomic E-state index is 12.5. The standard InChI is InChI=1S/C21H24ClN7O2S/c1-4-29(3)32(30,31)28-19-13(2)16(12-25-20(19)22)15-7-9-23-18(11-15)26-17-8-10-24-21(27-17)14-5-6-14/h7-12,14,28H,4-6H2,1-3H3,(H,23,24,26,27). The SMILES string of the molecule is CCN(C)S(=O)(=O)Nc1c(Cl)ncc(-c2ccnc(Nc3ccnc(C4CC4)n3)c2)c1C. The van der Waals surface area contributed by atoms with Crippen LogP contribution >= 0.6 is 11.6 Å². The molecule has 2 N–H and O–H groups in total. The monoisotopic (exact) mass is 473 g/mol. The van der Waals surface area contributed by atoms with Crippen molar-refractivity contribution in [1.29, 1.82) is 0 Å². The second kappa shape index (κ2) is 8.97. The summed E-state index contributed by atoms with van der Waals surface area (Å²) in [5.41, 5.74) is 2.46. The van der Waals surface area contributed by atoms with E-state index in [-0.39, 0.29) is 10.8 Å². The smallest absolute Gasteiger partial charge is 0.301 e. The molecule has 3 aromatic heterocycles. The minimum Gasteiger partial charge on any atom is -0.325 e. The summed E-state index contributed by atoms with van der Waals surface area (Å²) in [4.78, 5) is 17.5. The third kappa shape index (κ3) is 4.82. The average molecular weight is 474 g/mol. The Morgan fingerprint density at radius 3 is 2.62 bits per heavy atom. The van der Waals surface area contributed by atoms with E-state index in [2.05, 4.69) is 30.0 Å². The van der Waals surface area contributed by atoms with Crippen molar-refractivity contribution >= 4 is 39.1 Å². The Morgan fingerprint density at radius 1 is 1.16 bits per heavy atom. The number of pyridine rings is 2. The minimum absolute atomic E-state index is 0.0836. The maximum atomic E-state index is 12.5. The number of aromatic nitrogens is 4. The van der Waals surface area contributed by atoms with Crippen LogP contribution in [0.25, 0.3) is 11.1 Å². The highest BCUT2D eigenvalue weighted by atomic mass is 35.5. The van der Waals surface area contributed by atoms with Crippen LogP contribution in [0.1, 0.15) is 37.1 Å². The molecule has 1 aliphatic carbocycles. The lowest BCUT2D eigenvalue weighted by Crippen LogP contribution is -2.32. The number of anilines is 3. The van der Waals surface area contributed by atoms with E-state index in [1.54, 1.807) is 38.5 Å². The molecular formula is C21H24ClN7O2S. The van der Waals surface area contributed by atoms with Gasteiger partial charge in [-0.1, -0.05) is 18.5 Å². The van der Waals surface area contributed by atoms with Crippen molar-refractivity contribution in [2.45, 2.75) is 32.6 Å². The van der Waals surface area contributed by atoms with Crippen molar-refractivity contribution in [1.82, 2.24) is 24.2 Å². The molecule has 0 amide bonds. The quantitative estimate of drug-likeness (QED) is 0.473. The predicted molar refractivity (Wildman–Crippen MR) is 125 cm³/mol. The van der Waals surface area contributed by atoms with Crippen molar-refractivity contribution < 1.29 is 8.42 Å². The van der Waals surface area contributed by atoms with E-state index in [1.807, 2.05) is 12.1 Å². The molecular weight excluding hydrogens is 450 g/mol. The Kier molecular flexibility index (Phi) is 6.27. The fourth-order valence-corrected chi connectivity index (χ4v) is 4.44. The van der Waals surface area contributed by atoms with Crippen LogP contribution in [-0.2, 0) is 10.2 Å². The molecule has 0 saturated heterocycles. The Hall–Kier alpha value is -2.82. The first kappa shape index (κ1) is 22.4. The zero-order chi connectivity index (χ0) is 22.9. The number of hydrogen-bond acceptors (Lipinski definition) is 7. The maximum Gasteiger partial charge on any atom is 0.301 e. The normalized spacial score (nSPS) is 13.9. The van der Waals surface area contributed by atoms with E-state index in [0.717, 1.165) is 29.8 Å². The van der Waals surface area contributed by atoms with Gasteiger partial charge in [0, 0.05) is 43.7 Å². The Labute approximate surface area is 192 Å². The minimum atomic E-state index is -3.74. The lowest BCUT2D eigenvalue weighted by Gasteiger charge is -2.19. The fraction of sp³-hybridized carbons (Fsp3) is 0.333. The number of nitrogens with zero attached hydrogens (tertiary/aromatic N) is 5. The van der Waals surface area contributed by atoms with Crippen molar-refractivity contribution in [2.24, 2.45) is 0 Å². The zero-order valence-corrected chi connectivity index (χ0v) is 19.6. The number of halogens is 1. The van der Waals surface area contributed by atoms with Crippen molar-refractivity contribution in [3.05, 3.63) is 53.3 Å². The lowest BCUT2D eigenvalue weighted by molar-refractivity contribution is 0.491. The van der Waals surface area contributed by atoms with Crippen LogP contribution in [-0.4, -0.2) is 46.3 Å². The molecule has 1 saturated carbocycles. The van der Waals surface area contributed by atoms with Crippen LogP contribution < -0.4 is 10.0 Å². The van der Waals surface area contributed by atoms with Crippen LogP contribution in [0.5, 0.6) is 0 Å². The molecule has 0 spiro atoms. The van der Waals surface area contributed by atoms with E-state index in [9.17, 15) is 8.42 Å². The molecule has 0 bridgehead atoms. The zero-order valence-electron chi connectivity index (χ0n) is 18.0. The van der Waals surface area contributed by atoms with E-state index in [1.165, 1.54) is 11.4 Å². The third-order valence-corrected chi connectivity index (χ3v) is 7.15. The molecule has 1 fully saturated rings. The van der Waals surface area contributed by atoms with E-state index >= 15 is 0 Å². The summed E-state index contributed by atoms with van der Waals surface area (Å²) in [5.74, 6) is 2.57. The first-order valence-electron chi connectivity index (χ1n) is 10.2. The molecule has 3 heterocycles. The molecule has 0 atom stereocenters. The summed E-state index contributed by atoms with van der Waals surface area (Å²) in [6.07, 6.45) is 7.28. The van der Waals surface area contributed by atoms with Crippen molar-refractivity contribution in [3.8, 4) is 11.1 Å². The molecule has 11 heteroatoms. The molecule has 4 rings (SSSR count). The van der Waals surface area contributed by atoms with Gasteiger partial charge in [-0.3, -0.25) is 4.72 Å². The number of hydrogen-bond donors (Lipinski definition) is 2. The van der Waals surface area contributed by atoms with Crippen LogP contribution in [0.3, 0.4) is 0 Å². The van der Waals surface area contributed by atoms with Crippen LogP contribution in [0, 0.1) is 6.92 Å². The van der Waals surface area contributed by atoms with Gasteiger partial charge < -0.3 is 5.32 Å². The highest BCUT2D eigenvalue weighted by molar-refractivity contribution is 7.90. The molecule has 0 radical (unpaired) electrons. The molecule has 1 aliphatic rings. The van der Waals surface area contributed by atoms with Gasteiger partial charge in [-0.2, -0.15) is 12.7 Å². The molecule has 0 unspecified atom stereocenters. The lowest BCUT2D eigenvalue weighted by atomic mass is 10.0. The van der Waals surface area contributed by atoms with Crippen LogP contribution in [0.15, 0.2) is 36.8 Å². The van der Waals surface area contributed by atoms with Crippen LogP contribution in [0.2, 0.25) is 5.15 Å². The fourth-order valence-electron chi connectivity index (χ4n) is 3.14. The Balaban J connectivity index is 1.63. The van der Waals surface area contributed by atoms with E-state index < -0.39 is 10.2 Å². The van der Waals surface area contributed by atoms with Crippen molar-refractivity contribution in [2.75, 3.05) is 23.6 Å². The molecule has 32 heavy (non-hydrogen) atoms. The molecule has 0 aromatic carbocycles. The topological polar surface area (TPSA) is 113 Å². The van der Waals surface area contributed by atoms with Gasteiger partial charge in [-0.25, -0.2) is 19.9 Å². The number of rotatable bonds is 8. The average Bonchev–Trinajstić information content (AvgIpc) is 3.62. The highest BCUT2D eigenvalue weighted by Gasteiger charge is 2.26. The molecule has 9 nitrogen and oxygen atoms in total. The third-order valence-electron chi connectivity index (χ3n) is 5.32. The Morgan fingerprint density at radius 2 is 1.91 bits per heavy atom. The largest absolute Gasteiger partial charge is 0.325 e. The van der Waals surface area contributed by atoms with Gasteiger partial charge in [0.05, 0.1) is 5.69 Å². The second-order valence-corrected chi connectivity index (χ2v) is 9.75. The van der Waals surface area contributed by atoms with Gasteiger partial charge in [0.2, 0.25) is 0 Å². The first-order chi connectivity index (χ1) is 15.3. The van der Waals surface area contributed by atoms with E-state index in [0.29, 0.717) is 29.7 Å². The van der Waals surface area contributed by atoms with Crippen LogP contribution in [0.4, 0.5) is 17.3 Å². The van der Waals surface area contributed by atoms with Gasteiger partial charge >= 0.3 is 10.2 Å². The van der Waals surface area contributed by atoms with Gasteiger partial charge in [0.25, 0.3) is 0 Å². The summed E-state index contributed by atoms with van der Waals surface area (Å²) < 4.78 is 28.8. The molecule has 0 aliphatic heterocycles. The van der Waals surface area contributed by atoms with Gasteiger partial charge in [0.1, 0.15) is 17.5 Å². The summed E-state index contributed by atoms with van der Waals surface area (Å²) >= 11 is 6.23. The van der Waals surface area contributed by atoms with Gasteiger partial charge in [0.15, 0.2) is 5.15 Å². The number of nitrogens with one attached hydrogen (secondary N) is 2. The summed E-state index contributed by atoms with van der Waals surface area (Å²) in [6, 6.07) is 5.48. The highest BCUT2D eigenvalue weighted by Crippen LogP contribution is 2.38. The summed E-state index contributed by atoms with van der Waals surface area (Å²) in [6.45, 7) is 3.87. The first-order valence-corrected chi connectivity index (χ1v) is 12.1.